The van der Waals surface area contributed by atoms with Gasteiger partial charge < -0.3 is 4.52 Å². The first kappa shape index (κ1) is 19.3. The first-order chi connectivity index (χ1) is 14.1. The normalized spacial score (nSPS) is 12.3. The van der Waals surface area contributed by atoms with Gasteiger partial charge >= 0.3 is 0 Å². The van der Waals surface area contributed by atoms with Crippen LogP contribution in [0.3, 0.4) is 0 Å². The van der Waals surface area contributed by atoms with Crippen LogP contribution < -0.4 is 0 Å². The summed E-state index contributed by atoms with van der Waals surface area (Å²) in [6.45, 7) is 6.07. The number of hydrogen-bond donors (Lipinski definition) is 0. The van der Waals surface area contributed by atoms with Gasteiger partial charge in [0, 0.05) is 17.0 Å². The van der Waals surface area contributed by atoms with E-state index in [1.54, 1.807) is 0 Å². The predicted molar refractivity (Wildman–Crippen MR) is 113 cm³/mol. The third kappa shape index (κ3) is 4.35. The summed E-state index contributed by atoms with van der Waals surface area (Å²) < 4.78 is 5.41. The van der Waals surface area contributed by atoms with Gasteiger partial charge in [-0.3, -0.25) is 0 Å². The fraction of sp³-hybridized carbons (Fsp3) is 0.227. The van der Waals surface area contributed by atoms with E-state index in [4.69, 9.17) is 9.51 Å². The Hall–Kier alpha value is -3.06. The second kappa shape index (κ2) is 8.53. The maximum Gasteiger partial charge on any atom is 0.239 e. The van der Waals surface area contributed by atoms with Crippen LogP contribution in [-0.4, -0.2) is 25.3 Å². The summed E-state index contributed by atoms with van der Waals surface area (Å²) in [6.07, 6.45) is 0. The van der Waals surface area contributed by atoms with E-state index in [-0.39, 0.29) is 11.2 Å². The molecule has 0 radical (unpaired) electrons. The first-order valence-corrected chi connectivity index (χ1v) is 10.4. The topological polar surface area (TPSA) is 77.6 Å². The molecule has 7 heteroatoms. The molecule has 2 aromatic carbocycles. The second-order valence-corrected chi connectivity index (χ2v) is 8.24. The molecule has 2 aromatic heterocycles. The minimum absolute atomic E-state index is 0.0806. The lowest BCUT2D eigenvalue weighted by Gasteiger charge is -2.10. The van der Waals surface area contributed by atoms with E-state index in [1.807, 2.05) is 81.4 Å². The Kier molecular flexibility index (Phi) is 5.67. The molecule has 0 saturated heterocycles. The minimum Gasteiger partial charge on any atom is -0.338 e. The van der Waals surface area contributed by atoms with E-state index in [1.165, 1.54) is 11.8 Å². The highest BCUT2D eigenvalue weighted by Gasteiger charge is 2.20. The van der Waals surface area contributed by atoms with Gasteiger partial charge in [0.2, 0.25) is 11.0 Å². The van der Waals surface area contributed by atoms with Crippen LogP contribution >= 0.6 is 11.8 Å². The molecule has 0 aliphatic rings. The highest BCUT2D eigenvalue weighted by Crippen LogP contribution is 2.35. The van der Waals surface area contributed by atoms with Gasteiger partial charge in [0.05, 0.1) is 5.25 Å². The Morgan fingerprint density at radius 2 is 1.38 bits per heavy atom. The molecule has 0 fully saturated rings. The molecule has 146 valence electrons. The van der Waals surface area contributed by atoms with Gasteiger partial charge in [-0.1, -0.05) is 91.4 Å². The summed E-state index contributed by atoms with van der Waals surface area (Å²) in [7, 11) is 0. The van der Waals surface area contributed by atoms with Crippen molar-refractivity contribution in [3.8, 4) is 22.5 Å². The molecule has 4 aromatic rings. The average molecular weight is 404 g/mol. The monoisotopic (exact) mass is 403 g/mol. The molecule has 0 N–H and O–H groups in total. The molecule has 0 aliphatic heterocycles. The molecule has 2 heterocycles. The van der Waals surface area contributed by atoms with E-state index >= 15 is 0 Å². The van der Waals surface area contributed by atoms with E-state index in [9.17, 15) is 0 Å². The Balaban J connectivity index is 1.68. The molecular weight excluding hydrogens is 382 g/mol. The molecule has 0 aliphatic carbocycles. The smallest absolute Gasteiger partial charge is 0.239 e. The maximum atomic E-state index is 5.41. The highest BCUT2D eigenvalue weighted by atomic mass is 32.2. The molecule has 1 atom stereocenters. The van der Waals surface area contributed by atoms with Crippen molar-refractivity contribution >= 4 is 11.8 Å². The second-order valence-electron chi connectivity index (χ2n) is 6.93. The van der Waals surface area contributed by atoms with Crippen LogP contribution in [0.4, 0.5) is 0 Å². The van der Waals surface area contributed by atoms with Crippen LogP contribution in [0.5, 0.6) is 0 Å². The molecule has 6 nitrogen and oxygen atoms in total. The number of hydrogen-bond acceptors (Lipinski definition) is 7. The molecule has 0 unspecified atom stereocenters. The van der Waals surface area contributed by atoms with Gasteiger partial charge in [0.1, 0.15) is 11.4 Å². The number of rotatable bonds is 6. The Morgan fingerprint density at radius 3 is 1.97 bits per heavy atom. The van der Waals surface area contributed by atoms with Crippen molar-refractivity contribution in [2.24, 2.45) is 0 Å². The fourth-order valence-electron chi connectivity index (χ4n) is 2.80. The summed E-state index contributed by atoms with van der Waals surface area (Å²) in [5, 5.41) is 13.4. The van der Waals surface area contributed by atoms with E-state index in [2.05, 4.69) is 20.3 Å². The summed E-state index contributed by atoms with van der Waals surface area (Å²) in [6, 6.07) is 20.0. The lowest BCUT2D eigenvalue weighted by molar-refractivity contribution is 0.373. The van der Waals surface area contributed by atoms with Crippen LogP contribution in [0.1, 0.15) is 43.7 Å². The lowest BCUT2D eigenvalue weighted by atomic mass is 10.0. The lowest BCUT2D eigenvalue weighted by Crippen LogP contribution is -2.00. The Morgan fingerprint density at radius 1 is 0.759 bits per heavy atom. The van der Waals surface area contributed by atoms with Crippen LogP contribution in [0.25, 0.3) is 22.5 Å². The van der Waals surface area contributed by atoms with Crippen LogP contribution in [-0.2, 0) is 0 Å². The van der Waals surface area contributed by atoms with Crippen LogP contribution in [0.15, 0.2) is 70.3 Å². The Bertz CT molecular complexity index is 1080. The zero-order valence-corrected chi connectivity index (χ0v) is 17.3. The largest absolute Gasteiger partial charge is 0.338 e. The molecule has 0 spiro atoms. The van der Waals surface area contributed by atoms with Crippen LogP contribution in [0, 0.1) is 0 Å². The fourth-order valence-corrected chi connectivity index (χ4v) is 3.55. The van der Waals surface area contributed by atoms with Gasteiger partial charge in [-0.25, -0.2) is 4.98 Å². The average Bonchev–Trinajstić information content (AvgIpc) is 3.26. The third-order valence-electron chi connectivity index (χ3n) is 4.37. The van der Waals surface area contributed by atoms with Crippen molar-refractivity contribution in [2.75, 3.05) is 0 Å². The SMILES string of the molecule is CC(C)c1noc([C@@H](C)Sc2nnc(-c3ccccc3)c(-c3ccccc3)n2)n1. The van der Waals surface area contributed by atoms with Crippen LogP contribution in [0.2, 0.25) is 0 Å². The van der Waals surface area contributed by atoms with E-state index in [0.29, 0.717) is 16.9 Å². The molecule has 0 bridgehead atoms. The van der Waals surface area contributed by atoms with Gasteiger partial charge in [-0.15, -0.1) is 10.2 Å². The number of aromatic nitrogens is 5. The quantitative estimate of drug-likeness (QED) is 0.390. The van der Waals surface area contributed by atoms with Gasteiger partial charge in [-0.05, 0) is 6.92 Å². The van der Waals surface area contributed by atoms with Crippen molar-refractivity contribution in [1.29, 1.82) is 0 Å². The molecular formula is C22H21N5OS. The first-order valence-electron chi connectivity index (χ1n) is 9.47. The van der Waals surface area contributed by atoms with E-state index in [0.717, 1.165) is 22.5 Å². The summed E-state index contributed by atoms with van der Waals surface area (Å²) >= 11 is 1.45. The van der Waals surface area contributed by atoms with E-state index < -0.39 is 0 Å². The molecule has 0 amide bonds. The number of benzene rings is 2. The molecule has 29 heavy (non-hydrogen) atoms. The van der Waals surface area contributed by atoms with Gasteiger partial charge in [0.25, 0.3) is 0 Å². The highest BCUT2D eigenvalue weighted by molar-refractivity contribution is 7.99. The minimum atomic E-state index is -0.0806. The zero-order chi connectivity index (χ0) is 20.2. The number of nitrogens with zero attached hydrogens (tertiary/aromatic N) is 5. The van der Waals surface area contributed by atoms with Crippen molar-refractivity contribution in [1.82, 2.24) is 25.3 Å². The van der Waals surface area contributed by atoms with Gasteiger partial charge in [0.15, 0.2) is 5.82 Å². The standard InChI is InChI=1S/C22H21N5OS/c1-14(2)20-24-21(28-27-20)15(3)29-22-23-18(16-10-6-4-7-11-16)19(25-26-22)17-12-8-5-9-13-17/h4-15H,1-3H3/t15-/m1/s1. The molecule has 4 rings (SSSR count). The van der Waals surface area contributed by atoms with Gasteiger partial charge in [-0.2, -0.15) is 4.98 Å². The number of thioether (sulfide) groups is 1. The summed E-state index contributed by atoms with van der Waals surface area (Å²) in [4.78, 5) is 9.30. The van der Waals surface area contributed by atoms with Crippen molar-refractivity contribution in [3.63, 3.8) is 0 Å². The van der Waals surface area contributed by atoms with Crippen molar-refractivity contribution in [3.05, 3.63) is 72.4 Å². The predicted octanol–water partition coefficient (Wildman–Crippen LogP) is 5.57. The molecule has 0 saturated carbocycles. The third-order valence-corrected chi connectivity index (χ3v) is 5.30. The van der Waals surface area contributed by atoms with Crippen molar-refractivity contribution in [2.45, 2.75) is 37.1 Å². The Labute approximate surface area is 173 Å². The summed E-state index contributed by atoms with van der Waals surface area (Å²) in [5.74, 6) is 1.49. The zero-order valence-electron chi connectivity index (χ0n) is 16.5. The maximum absolute atomic E-state index is 5.41. The van der Waals surface area contributed by atoms with Crippen molar-refractivity contribution < 1.29 is 4.52 Å². The summed E-state index contributed by atoms with van der Waals surface area (Å²) in [5.41, 5.74) is 3.54.